The SMILES string of the molecule is COC1CCC2=C(C1)c1nc(Cl)c(Br)cc1C2.OC1CCC2=C(C1)c1nc(Cl)c(Br)cc1C2. The number of aromatic nitrogens is 2. The molecule has 2 heterocycles. The standard InChI is InChI=1S/C13H13BrClNO.C12H11BrClNO/c1-17-9-3-2-7-4-8-5-11(14)13(15)16-12(8)10(7)6-9;13-10-4-7-3-6-1-2-8(16)5-9(6)11(7)15-12(10)14/h5,9H,2-4,6H2,1H3;4,8,16H,1-3,5H2. The van der Waals surface area contributed by atoms with Gasteiger partial charge in [-0.25, -0.2) is 9.97 Å². The molecule has 33 heavy (non-hydrogen) atoms. The maximum Gasteiger partial charge on any atom is 0.143 e. The number of halogens is 4. The lowest BCUT2D eigenvalue weighted by Gasteiger charge is -2.22. The molecule has 0 saturated carbocycles. The van der Waals surface area contributed by atoms with Crippen LogP contribution in [0.25, 0.3) is 11.1 Å². The van der Waals surface area contributed by atoms with Crippen molar-refractivity contribution in [2.45, 2.75) is 63.6 Å². The van der Waals surface area contributed by atoms with Gasteiger partial charge < -0.3 is 9.84 Å². The number of hydrogen-bond acceptors (Lipinski definition) is 4. The lowest BCUT2D eigenvalue weighted by molar-refractivity contribution is 0.0965. The van der Waals surface area contributed by atoms with Crippen molar-refractivity contribution in [3.05, 3.63) is 65.0 Å². The highest BCUT2D eigenvalue weighted by molar-refractivity contribution is 9.10. The Morgan fingerprint density at radius 2 is 1.39 bits per heavy atom. The number of allylic oxidation sites excluding steroid dienone is 2. The van der Waals surface area contributed by atoms with E-state index in [0.29, 0.717) is 16.4 Å². The average Bonchev–Trinajstić information content (AvgIpc) is 3.31. The molecule has 8 heteroatoms. The van der Waals surface area contributed by atoms with Crippen LogP contribution in [0.3, 0.4) is 0 Å². The van der Waals surface area contributed by atoms with Crippen LogP contribution < -0.4 is 0 Å². The summed E-state index contributed by atoms with van der Waals surface area (Å²) in [6.07, 6.45) is 7.95. The van der Waals surface area contributed by atoms with E-state index >= 15 is 0 Å². The number of hydrogen-bond donors (Lipinski definition) is 1. The van der Waals surface area contributed by atoms with Crippen LogP contribution in [-0.2, 0) is 17.6 Å². The van der Waals surface area contributed by atoms with Crippen molar-refractivity contribution in [1.29, 1.82) is 0 Å². The van der Waals surface area contributed by atoms with E-state index in [-0.39, 0.29) is 6.10 Å². The predicted molar refractivity (Wildman–Crippen MR) is 140 cm³/mol. The Balaban J connectivity index is 0.000000139. The van der Waals surface area contributed by atoms with Crippen molar-refractivity contribution in [2.24, 2.45) is 0 Å². The van der Waals surface area contributed by atoms with Crippen molar-refractivity contribution in [1.82, 2.24) is 9.97 Å². The smallest absolute Gasteiger partial charge is 0.143 e. The molecule has 4 aliphatic rings. The maximum absolute atomic E-state index is 9.70. The van der Waals surface area contributed by atoms with Gasteiger partial charge in [-0.05, 0) is 105 Å². The molecule has 6 rings (SSSR count). The van der Waals surface area contributed by atoms with E-state index in [4.69, 9.17) is 27.9 Å². The van der Waals surface area contributed by atoms with E-state index in [1.165, 1.54) is 33.4 Å². The van der Waals surface area contributed by atoms with Crippen molar-refractivity contribution in [3.8, 4) is 0 Å². The minimum atomic E-state index is -0.214. The molecule has 0 aromatic carbocycles. The second kappa shape index (κ2) is 9.71. The minimum absolute atomic E-state index is 0.214. The zero-order valence-corrected chi connectivity index (χ0v) is 22.9. The molecule has 0 fully saturated rings. The third-order valence-electron chi connectivity index (χ3n) is 7.01. The molecule has 2 aromatic heterocycles. The van der Waals surface area contributed by atoms with Crippen molar-refractivity contribution in [2.75, 3.05) is 7.11 Å². The topological polar surface area (TPSA) is 55.2 Å². The number of fused-ring (bicyclic) bond motifs is 4. The Kier molecular flexibility index (Phi) is 7.05. The van der Waals surface area contributed by atoms with E-state index in [1.807, 2.05) is 0 Å². The predicted octanol–water partition coefficient (Wildman–Crippen LogP) is 7.36. The van der Waals surface area contributed by atoms with Crippen LogP contribution in [0.15, 0.2) is 32.2 Å². The van der Waals surface area contributed by atoms with Gasteiger partial charge in [-0.15, -0.1) is 0 Å². The van der Waals surface area contributed by atoms with E-state index < -0.39 is 0 Å². The molecule has 4 aliphatic carbocycles. The Hall–Kier alpha value is -0.760. The van der Waals surface area contributed by atoms with E-state index in [9.17, 15) is 5.11 Å². The molecule has 2 atom stereocenters. The monoisotopic (exact) mass is 612 g/mol. The number of methoxy groups -OCH3 is 1. The number of ether oxygens (including phenoxy) is 1. The molecule has 0 saturated heterocycles. The fraction of sp³-hybridized carbons (Fsp3) is 0.440. The number of nitrogens with zero attached hydrogens (tertiary/aromatic N) is 2. The molecule has 2 unspecified atom stereocenters. The van der Waals surface area contributed by atoms with E-state index in [0.717, 1.165) is 71.7 Å². The minimum Gasteiger partial charge on any atom is -0.393 e. The summed E-state index contributed by atoms with van der Waals surface area (Å²) in [6, 6.07) is 4.15. The second-order valence-electron chi connectivity index (χ2n) is 9.05. The first kappa shape index (κ1) is 24.0. The van der Waals surface area contributed by atoms with Crippen molar-refractivity contribution in [3.63, 3.8) is 0 Å². The number of aliphatic hydroxyl groups excluding tert-OH is 1. The molecular weight excluding hydrogens is 591 g/mol. The van der Waals surface area contributed by atoms with Crippen LogP contribution in [0.1, 0.15) is 61.0 Å². The molecule has 0 radical (unpaired) electrons. The molecule has 0 bridgehead atoms. The summed E-state index contributed by atoms with van der Waals surface area (Å²) in [4.78, 5) is 8.93. The Morgan fingerprint density at radius 3 is 1.94 bits per heavy atom. The number of aliphatic hydroxyl groups is 1. The molecular formula is C25H24Br2Cl2N2O2. The van der Waals surface area contributed by atoms with Gasteiger partial charge in [0.25, 0.3) is 0 Å². The van der Waals surface area contributed by atoms with Gasteiger partial charge in [-0.2, -0.15) is 0 Å². The molecule has 174 valence electrons. The Morgan fingerprint density at radius 1 is 0.879 bits per heavy atom. The van der Waals surface area contributed by atoms with Gasteiger partial charge in [0, 0.05) is 20.0 Å². The molecule has 4 nitrogen and oxygen atoms in total. The van der Waals surface area contributed by atoms with Crippen molar-refractivity contribution >= 4 is 66.2 Å². The highest BCUT2D eigenvalue weighted by Gasteiger charge is 2.30. The zero-order valence-electron chi connectivity index (χ0n) is 18.2. The summed E-state index contributed by atoms with van der Waals surface area (Å²) in [5.41, 5.74) is 10.2. The van der Waals surface area contributed by atoms with Gasteiger partial charge in [-0.3, -0.25) is 0 Å². The first-order valence-electron chi connectivity index (χ1n) is 11.2. The third-order valence-corrected chi connectivity index (χ3v) is 9.25. The van der Waals surface area contributed by atoms with Gasteiger partial charge in [0.1, 0.15) is 10.3 Å². The van der Waals surface area contributed by atoms with Gasteiger partial charge in [0.15, 0.2) is 0 Å². The third kappa shape index (κ3) is 4.72. The molecule has 0 amide bonds. The normalized spacial score (nSPS) is 23.0. The molecule has 0 spiro atoms. The molecule has 2 aromatic rings. The lowest BCUT2D eigenvalue weighted by atomic mass is 9.91. The van der Waals surface area contributed by atoms with Gasteiger partial charge in [0.05, 0.1) is 32.5 Å². The second-order valence-corrected chi connectivity index (χ2v) is 11.5. The van der Waals surface area contributed by atoms with Crippen molar-refractivity contribution < 1.29 is 9.84 Å². The van der Waals surface area contributed by atoms with Gasteiger partial charge in [-0.1, -0.05) is 34.3 Å². The Bertz CT molecular complexity index is 1200. The Labute approximate surface area is 220 Å². The summed E-state index contributed by atoms with van der Waals surface area (Å²) < 4.78 is 7.21. The fourth-order valence-electron chi connectivity index (χ4n) is 5.31. The zero-order chi connectivity index (χ0) is 23.3. The summed E-state index contributed by atoms with van der Waals surface area (Å²) in [5, 5.41) is 10.8. The highest BCUT2D eigenvalue weighted by Crippen LogP contribution is 2.44. The highest BCUT2D eigenvalue weighted by atomic mass is 79.9. The lowest BCUT2D eigenvalue weighted by Crippen LogP contribution is -2.15. The maximum atomic E-state index is 9.70. The average molecular weight is 615 g/mol. The largest absolute Gasteiger partial charge is 0.393 e. The van der Waals surface area contributed by atoms with Crippen LogP contribution in [-0.4, -0.2) is 34.4 Å². The summed E-state index contributed by atoms with van der Waals surface area (Å²) in [5.74, 6) is 0. The summed E-state index contributed by atoms with van der Waals surface area (Å²) in [7, 11) is 1.79. The summed E-state index contributed by atoms with van der Waals surface area (Å²) >= 11 is 18.9. The van der Waals surface area contributed by atoms with E-state index in [1.54, 1.807) is 7.11 Å². The van der Waals surface area contributed by atoms with E-state index in [2.05, 4.69) is 54.0 Å². The summed E-state index contributed by atoms with van der Waals surface area (Å²) in [6.45, 7) is 0. The van der Waals surface area contributed by atoms with Crippen LogP contribution in [0, 0.1) is 0 Å². The first-order valence-corrected chi connectivity index (χ1v) is 13.5. The van der Waals surface area contributed by atoms with Gasteiger partial charge in [0.2, 0.25) is 0 Å². The van der Waals surface area contributed by atoms with Crippen LogP contribution >= 0.6 is 55.1 Å². The first-order chi connectivity index (χ1) is 15.8. The van der Waals surface area contributed by atoms with Gasteiger partial charge >= 0.3 is 0 Å². The molecule has 0 aliphatic heterocycles. The fourth-order valence-corrected chi connectivity index (χ4v) is 6.32. The quantitative estimate of drug-likeness (QED) is 0.341. The van der Waals surface area contributed by atoms with Crippen LogP contribution in [0.2, 0.25) is 10.3 Å². The number of pyridine rings is 2. The van der Waals surface area contributed by atoms with Crippen LogP contribution in [0.5, 0.6) is 0 Å². The molecule has 1 N–H and O–H groups in total. The number of rotatable bonds is 1. The van der Waals surface area contributed by atoms with Crippen LogP contribution in [0.4, 0.5) is 0 Å².